The molecule has 2 heterocycles. The quantitative estimate of drug-likeness (QED) is 0.369. The molecular weight excluding hydrogens is 442 g/mol. The van der Waals surface area contributed by atoms with Gasteiger partial charge >= 0.3 is 0 Å². The van der Waals surface area contributed by atoms with Crippen LogP contribution in [-0.4, -0.2) is 40.9 Å². The van der Waals surface area contributed by atoms with Crippen LogP contribution in [0.15, 0.2) is 39.6 Å². The highest BCUT2D eigenvalue weighted by Crippen LogP contribution is 2.40. The van der Waals surface area contributed by atoms with Gasteiger partial charge in [-0.05, 0) is 56.9 Å². The maximum absolute atomic E-state index is 13.4. The van der Waals surface area contributed by atoms with E-state index in [0.717, 1.165) is 41.1 Å². The second kappa shape index (κ2) is 11.5. The summed E-state index contributed by atoms with van der Waals surface area (Å²) >= 11 is 1.68. The van der Waals surface area contributed by atoms with Crippen molar-refractivity contribution < 1.29 is 9.90 Å². The number of aromatic nitrogens is 1. The fourth-order valence-corrected chi connectivity index (χ4v) is 6.54. The molecule has 1 fully saturated rings. The molecule has 6 unspecified atom stereocenters. The van der Waals surface area contributed by atoms with Crippen molar-refractivity contribution in [3.05, 3.63) is 51.5 Å². The minimum absolute atomic E-state index is 0.102. The Morgan fingerprint density at radius 1 is 1.18 bits per heavy atom. The summed E-state index contributed by atoms with van der Waals surface area (Å²) < 4.78 is 0. The van der Waals surface area contributed by atoms with Crippen LogP contribution in [0, 0.1) is 11.8 Å². The van der Waals surface area contributed by atoms with Crippen molar-refractivity contribution in [2.75, 3.05) is 6.54 Å². The third-order valence-electron chi connectivity index (χ3n) is 7.50. The molecule has 0 spiro atoms. The molecule has 0 saturated heterocycles. The summed E-state index contributed by atoms with van der Waals surface area (Å²) in [6.45, 7) is 6.88. The molecule has 182 valence electrons. The average Bonchev–Trinajstić information content (AvgIpc) is 3.13. The molecule has 1 aromatic heterocycles. The summed E-state index contributed by atoms with van der Waals surface area (Å²) in [4.78, 5) is 27.2. The molecule has 2 aromatic rings. The number of rotatable bonds is 7. The van der Waals surface area contributed by atoms with E-state index < -0.39 is 6.10 Å². The number of aliphatic imine (C=N–C) groups is 2. The molecule has 1 saturated carbocycles. The Bertz CT molecular complexity index is 1030. The molecule has 6 atom stereocenters. The highest BCUT2D eigenvalue weighted by molar-refractivity contribution is 7.09. The van der Waals surface area contributed by atoms with Crippen molar-refractivity contribution in [1.29, 1.82) is 0 Å². The Balaban J connectivity index is 1.44. The lowest BCUT2D eigenvalue weighted by atomic mass is 9.84. The molecule has 0 radical (unpaired) electrons. The van der Waals surface area contributed by atoms with Crippen LogP contribution in [-0.2, 0) is 0 Å². The zero-order valence-electron chi connectivity index (χ0n) is 20.6. The Labute approximate surface area is 207 Å². The number of hydrogen-bond acceptors (Lipinski definition) is 6. The molecule has 6 heteroatoms. The van der Waals surface area contributed by atoms with Crippen molar-refractivity contribution in [2.45, 2.75) is 83.3 Å². The molecule has 5 nitrogen and oxygen atoms in total. The number of Topliss-reactive ketones (excluding diaryl/α,β-unsaturated/α-hetero) is 1. The van der Waals surface area contributed by atoms with Gasteiger partial charge in [0.25, 0.3) is 0 Å². The molecule has 4 rings (SSSR count). The zero-order valence-corrected chi connectivity index (χ0v) is 21.4. The maximum atomic E-state index is 13.4. The standard InChI is InChI=1S/C28H37N3O2S/c1-18-8-10-22(28-31-26(17-34-28)20(3)32)15-21(14-18)9-11-27(33)24-7-5-4-6-23(24)25-16-29-12-13-30-19(25)2/h4-7,12-13,17-22,25,32H,8-11,14-16H2,1-3H3. The smallest absolute Gasteiger partial charge is 0.163 e. The van der Waals surface area contributed by atoms with Crippen LogP contribution in [0.25, 0.3) is 0 Å². The van der Waals surface area contributed by atoms with Gasteiger partial charge in [0.1, 0.15) is 0 Å². The minimum atomic E-state index is -0.518. The number of hydrogen-bond donors (Lipinski definition) is 1. The number of thiazole rings is 1. The van der Waals surface area contributed by atoms with E-state index in [9.17, 15) is 9.90 Å². The minimum Gasteiger partial charge on any atom is -0.387 e. The molecule has 0 bridgehead atoms. The Hall–Kier alpha value is -2.18. The van der Waals surface area contributed by atoms with Gasteiger partial charge in [-0.25, -0.2) is 4.98 Å². The van der Waals surface area contributed by atoms with E-state index in [1.807, 2.05) is 23.6 Å². The molecule has 1 aliphatic carbocycles. The third-order valence-corrected chi connectivity index (χ3v) is 8.52. The summed E-state index contributed by atoms with van der Waals surface area (Å²) in [6, 6.07) is 8.15. The lowest BCUT2D eigenvalue weighted by Gasteiger charge is -2.22. The molecule has 0 amide bonds. The first-order chi connectivity index (χ1) is 16.4. The molecule has 1 aromatic carbocycles. The van der Waals surface area contributed by atoms with Crippen LogP contribution in [0.4, 0.5) is 0 Å². The number of benzene rings is 1. The first kappa shape index (κ1) is 24.9. The van der Waals surface area contributed by atoms with E-state index >= 15 is 0 Å². The van der Waals surface area contributed by atoms with Crippen molar-refractivity contribution in [2.24, 2.45) is 21.8 Å². The summed E-state index contributed by atoms with van der Waals surface area (Å²) in [5.41, 5.74) is 2.70. The first-order valence-corrected chi connectivity index (χ1v) is 13.6. The van der Waals surface area contributed by atoms with Gasteiger partial charge in [0, 0.05) is 48.2 Å². The predicted molar refractivity (Wildman–Crippen MR) is 141 cm³/mol. The molecular formula is C28H37N3O2S. The number of carbonyl (C=O) groups excluding carboxylic acids is 1. The Morgan fingerprint density at radius 3 is 2.79 bits per heavy atom. The van der Waals surface area contributed by atoms with Gasteiger partial charge in [0.15, 0.2) is 5.78 Å². The van der Waals surface area contributed by atoms with Crippen LogP contribution in [0.3, 0.4) is 0 Å². The summed E-state index contributed by atoms with van der Waals surface area (Å²) in [7, 11) is 0. The largest absolute Gasteiger partial charge is 0.387 e. The van der Waals surface area contributed by atoms with E-state index in [0.29, 0.717) is 30.7 Å². The fourth-order valence-electron chi connectivity index (χ4n) is 5.48. The second-order valence-corrected chi connectivity index (χ2v) is 11.1. The number of carbonyl (C=O) groups is 1. The van der Waals surface area contributed by atoms with E-state index in [1.54, 1.807) is 30.7 Å². The third kappa shape index (κ3) is 6.08. The number of aliphatic hydroxyl groups excluding tert-OH is 1. The lowest BCUT2D eigenvalue weighted by Crippen LogP contribution is -2.19. The lowest BCUT2D eigenvalue weighted by molar-refractivity contribution is 0.0969. The predicted octanol–water partition coefficient (Wildman–Crippen LogP) is 6.40. The normalized spacial score (nSPS) is 28.3. The summed E-state index contributed by atoms with van der Waals surface area (Å²) in [5, 5.41) is 13.0. The second-order valence-electron chi connectivity index (χ2n) is 10.2. The first-order valence-electron chi connectivity index (χ1n) is 12.7. The van der Waals surface area contributed by atoms with Crippen LogP contribution in [0.2, 0.25) is 0 Å². The highest BCUT2D eigenvalue weighted by Gasteiger charge is 2.29. The van der Waals surface area contributed by atoms with Crippen molar-refractivity contribution >= 4 is 29.5 Å². The Morgan fingerprint density at radius 2 is 2.00 bits per heavy atom. The van der Waals surface area contributed by atoms with E-state index in [1.165, 1.54) is 12.8 Å². The molecule has 2 aliphatic rings. The van der Waals surface area contributed by atoms with Crippen molar-refractivity contribution in [1.82, 2.24) is 4.98 Å². The SMILES string of the molecule is CC1CCC(c2nc(C(C)O)cs2)CC(CCC(=O)c2ccccc2C2CN=CC=NC2C)C1. The van der Waals surface area contributed by atoms with Gasteiger partial charge in [-0.1, -0.05) is 37.6 Å². The maximum Gasteiger partial charge on any atom is 0.163 e. The van der Waals surface area contributed by atoms with Gasteiger partial charge in [-0.15, -0.1) is 11.3 Å². The van der Waals surface area contributed by atoms with E-state index in [2.05, 4.69) is 29.9 Å². The molecule has 1 aliphatic heterocycles. The molecule has 34 heavy (non-hydrogen) atoms. The van der Waals surface area contributed by atoms with Gasteiger partial charge in [-0.3, -0.25) is 14.8 Å². The van der Waals surface area contributed by atoms with Crippen molar-refractivity contribution in [3.8, 4) is 0 Å². The van der Waals surface area contributed by atoms with Crippen LogP contribution in [0.5, 0.6) is 0 Å². The monoisotopic (exact) mass is 479 g/mol. The summed E-state index contributed by atoms with van der Waals surface area (Å²) in [5.74, 6) is 1.97. The van der Waals surface area contributed by atoms with Gasteiger partial charge in [0.2, 0.25) is 0 Å². The van der Waals surface area contributed by atoms with Gasteiger partial charge in [0.05, 0.1) is 22.8 Å². The zero-order chi connectivity index (χ0) is 24.1. The topological polar surface area (TPSA) is 74.9 Å². The average molecular weight is 480 g/mol. The van der Waals surface area contributed by atoms with E-state index in [-0.39, 0.29) is 17.7 Å². The summed E-state index contributed by atoms with van der Waals surface area (Å²) in [6.07, 6.45) is 9.09. The van der Waals surface area contributed by atoms with E-state index in [4.69, 9.17) is 4.98 Å². The fraction of sp³-hybridized carbons (Fsp3) is 0.571. The van der Waals surface area contributed by atoms with Crippen LogP contribution < -0.4 is 0 Å². The molecule has 1 N–H and O–H groups in total. The number of nitrogens with zero attached hydrogens (tertiary/aromatic N) is 3. The van der Waals surface area contributed by atoms with Crippen LogP contribution in [0.1, 0.15) is 104 Å². The van der Waals surface area contributed by atoms with Gasteiger partial charge in [-0.2, -0.15) is 0 Å². The number of ketones is 1. The Kier molecular flexibility index (Phi) is 8.43. The number of aliphatic hydroxyl groups is 1. The van der Waals surface area contributed by atoms with Gasteiger partial charge < -0.3 is 5.11 Å². The van der Waals surface area contributed by atoms with Crippen molar-refractivity contribution in [3.63, 3.8) is 0 Å². The highest BCUT2D eigenvalue weighted by atomic mass is 32.1. The van der Waals surface area contributed by atoms with Crippen LogP contribution >= 0.6 is 11.3 Å².